The Labute approximate surface area is 335 Å². The lowest BCUT2D eigenvalue weighted by molar-refractivity contribution is -0.163. The molecule has 0 radical (unpaired) electrons. The van der Waals surface area contributed by atoms with Gasteiger partial charge in [0, 0.05) is 19.4 Å². The first-order valence-corrected chi connectivity index (χ1v) is 23.2. The average molecular weight is 757 g/mol. The van der Waals surface area contributed by atoms with Crippen molar-refractivity contribution in [3.8, 4) is 0 Å². The molecule has 0 aliphatic carbocycles. The summed E-state index contributed by atoms with van der Waals surface area (Å²) < 4.78 is 17.2. The Hall–Kier alpha value is -2.14. The molecule has 1 unspecified atom stereocenters. The Morgan fingerprint density at radius 2 is 0.796 bits per heavy atom. The van der Waals surface area contributed by atoms with E-state index in [4.69, 9.17) is 14.2 Å². The topological polar surface area (TPSA) is 61.8 Å². The number of carbonyl (C=O) groups is 2. The van der Waals surface area contributed by atoms with Gasteiger partial charge in [-0.25, -0.2) is 0 Å². The summed E-state index contributed by atoms with van der Waals surface area (Å²) in [5.74, 6) is -0.417. The molecule has 0 fully saturated rings. The van der Waals surface area contributed by atoms with Gasteiger partial charge in [-0.3, -0.25) is 9.59 Å². The Bertz CT molecular complexity index is 904. The second-order valence-corrected chi connectivity index (χ2v) is 15.3. The summed E-state index contributed by atoms with van der Waals surface area (Å²) in [6.45, 7) is 7.70. The predicted molar refractivity (Wildman–Crippen MR) is 233 cm³/mol. The van der Waals surface area contributed by atoms with Gasteiger partial charge < -0.3 is 14.2 Å². The third kappa shape index (κ3) is 42.6. The first-order chi connectivity index (χ1) is 26.6. The van der Waals surface area contributed by atoms with Gasteiger partial charge in [0.05, 0.1) is 6.61 Å². The van der Waals surface area contributed by atoms with E-state index >= 15 is 0 Å². The minimum atomic E-state index is -0.538. The van der Waals surface area contributed by atoms with Gasteiger partial charge in [0.1, 0.15) is 6.61 Å². The van der Waals surface area contributed by atoms with Crippen molar-refractivity contribution >= 4 is 11.9 Å². The lowest BCUT2D eigenvalue weighted by atomic mass is 10.1. The van der Waals surface area contributed by atoms with E-state index in [2.05, 4.69) is 69.4 Å². The van der Waals surface area contributed by atoms with Crippen LogP contribution < -0.4 is 0 Å². The molecule has 5 heteroatoms. The molecule has 0 aromatic rings. The molecule has 0 aromatic heterocycles. The molecule has 314 valence electrons. The predicted octanol–water partition coefficient (Wildman–Crippen LogP) is 15.2. The third-order valence-corrected chi connectivity index (χ3v) is 9.84. The van der Waals surface area contributed by atoms with Gasteiger partial charge in [-0.1, -0.05) is 185 Å². The molecule has 0 amide bonds. The minimum absolute atomic E-state index is 0.0781. The van der Waals surface area contributed by atoms with Crippen molar-refractivity contribution in [1.29, 1.82) is 0 Å². The molecule has 0 N–H and O–H groups in total. The number of carbonyl (C=O) groups excluding carboxylic acids is 2. The van der Waals surface area contributed by atoms with Crippen molar-refractivity contribution < 1.29 is 23.8 Å². The van der Waals surface area contributed by atoms with E-state index in [1.807, 2.05) is 0 Å². The zero-order chi connectivity index (χ0) is 39.3. The van der Waals surface area contributed by atoms with E-state index in [1.165, 1.54) is 128 Å². The quantitative estimate of drug-likeness (QED) is 0.0353. The van der Waals surface area contributed by atoms with Crippen LogP contribution in [0.3, 0.4) is 0 Å². The molecule has 0 aliphatic heterocycles. The molecule has 5 nitrogen and oxygen atoms in total. The zero-order valence-electron chi connectivity index (χ0n) is 36.0. The highest BCUT2D eigenvalue weighted by Crippen LogP contribution is 2.13. The van der Waals surface area contributed by atoms with E-state index in [0.717, 1.165) is 64.2 Å². The number of allylic oxidation sites excluding steroid dienone is 8. The molecular formula is C49H88O5. The van der Waals surface area contributed by atoms with Crippen LogP contribution >= 0.6 is 0 Å². The van der Waals surface area contributed by atoms with Crippen molar-refractivity contribution in [2.75, 3.05) is 19.8 Å². The molecule has 0 heterocycles. The molecule has 0 rings (SSSR count). The van der Waals surface area contributed by atoms with Crippen molar-refractivity contribution in [3.05, 3.63) is 48.6 Å². The lowest BCUT2D eigenvalue weighted by Crippen LogP contribution is -2.30. The van der Waals surface area contributed by atoms with Gasteiger partial charge in [-0.15, -0.1) is 0 Å². The van der Waals surface area contributed by atoms with Crippen molar-refractivity contribution in [1.82, 2.24) is 0 Å². The summed E-state index contributed by atoms with van der Waals surface area (Å²) in [5.41, 5.74) is 0. The van der Waals surface area contributed by atoms with Crippen LogP contribution in [0.15, 0.2) is 48.6 Å². The molecule has 54 heavy (non-hydrogen) atoms. The molecule has 1 atom stereocenters. The maximum Gasteiger partial charge on any atom is 0.306 e. The lowest BCUT2D eigenvalue weighted by Gasteiger charge is -2.18. The van der Waals surface area contributed by atoms with Crippen molar-refractivity contribution in [2.45, 2.75) is 232 Å². The minimum Gasteiger partial charge on any atom is -0.462 e. The molecule has 0 aromatic carbocycles. The average Bonchev–Trinajstić information content (AvgIpc) is 3.17. The summed E-state index contributed by atoms with van der Waals surface area (Å²) in [7, 11) is 0. The van der Waals surface area contributed by atoms with Crippen LogP contribution in [0.25, 0.3) is 0 Å². The Morgan fingerprint density at radius 3 is 1.35 bits per heavy atom. The Balaban J connectivity index is 4.13. The van der Waals surface area contributed by atoms with E-state index in [1.54, 1.807) is 0 Å². The van der Waals surface area contributed by atoms with Crippen LogP contribution in [0, 0.1) is 0 Å². The first kappa shape index (κ1) is 51.9. The molecule has 0 bridgehead atoms. The van der Waals surface area contributed by atoms with Gasteiger partial charge in [-0.2, -0.15) is 0 Å². The van der Waals surface area contributed by atoms with Gasteiger partial charge in [0.25, 0.3) is 0 Å². The smallest absolute Gasteiger partial charge is 0.306 e. The van der Waals surface area contributed by atoms with E-state index < -0.39 is 6.10 Å². The summed E-state index contributed by atoms with van der Waals surface area (Å²) in [5, 5.41) is 0. The summed E-state index contributed by atoms with van der Waals surface area (Å²) in [6.07, 6.45) is 54.1. The van der Waals surface area contributed by atoms with Gasteiger partial charge >= 0.3 is 11.9 Å². The molecule has 0 saturated heterocycles. The fourth-order valence-electron chi connectivity index (χ4n) is 6.32. The Morgan fingerprint density at radius 1 is 0.407 bits per heavy atom. The second kappa shape index (κ2) is 45.3. The van der Waals surface area contributed by atoms with Crippen LogP contribution in [-0.4, -0.2) is 37.9 Å². The highest BCUT2D eigenvalue weighted by molar-refractivity contribution is 5.70. The van der Waals surface area contributed by atoms with E-state index in [0.29, 0.717) is 19.4 Å². The third-order valence-electron chi connectivity index (χ3n) is 9.84. The fraction of sp³-hybridized carbons (Fsp3) is 0.796. The maximum absolute atomic E-state index is 12.6. The highest BCUT2D eigenvalue weighted by atomic mass is 16.6. The van der Waals surface area contributed by atoms with E-state index in [9.17, 15) is 9.59 Å². The summed E-state index contributed by atoms with van der Waals surface area (Å²) >= 11 is 0. The number of ether oxygens (including phenoxy) is 3. The van der Waals surface area contributed by atoms with Gasteiger partial charge in [-0.05, 0) is 77.0 Å². The molecular weight excluding hydrogens is 669 g/mol. The van der Waals surface area contributed by atoms with Crippen LogP contribution in [0.5, 0.6) is 0 Å². The van der Waals surface area contributed by atoms with E-state index in [-0.39, 0.29) is 25.2 Å². The normalized spacial score (nSPS) is 12.6. The fourth-order valence-corrected chi connectivity index (χ4v) is 6.32. The standard InChI is InChI=1S/C49H88O5/c1-4-7-10-13-16-18-20-21-22-23-24-25-26-27-28-30-32-35-38-41-44-52-45-47(54-49(51)43-40-37-33-15-12-9-6-3)46-53-48(50)42-39-36-34-31-29-19-17-14-11-8-5-2/h14,16-18,21-22,24-25,47H,4-13,15,19-20,23,26-46H2,1-3H3/b17-14-,18-16-,22-21-,25-24-. The zero-order valence-corrected chi connectivity index (χ0v) is 36.0. The van der Waals surface area contributed by atoms with Gasteiger partial charge in [0.2, 0.25) is 0 Å². The van der Waals surface area contributed by atoms with Crippen LogP contribution in [0.4, 0.5) is 0 Å². The summed E-state index contributed by atoms with van der Waals surface area (Å²) in [4.78, 5) is 25.1. The number of unbranched alkanes of at least 4 members (excludes halogenated alkanes) is 23. The van der Waals surface area contributed by atoms with Crippen molar-refractivity contribution in [3.63, 3.8) is 0 Å². The van der Waals surface area contributed by atoms with Crippen LogP contribution in [0.2, 0.25) is 0 Å². The number of hydrogen-bond acceptors (Lipinski definition) is 5. The SMILES string of the molecule is CCCC/C=C\CCCCCCCC(=O)OCC(COCCCCCCCCC/C=C\C/C=C\C/C=C\CCCCC)OC(=O)CCCCCCCCC. The Kier molecular flexibility index (Phi) is 43.5. The maximum atomic E-state index is 12.6. The monoisotopic (exact) mass is 757 g/mol. The van der Waals surface area contributed by atoms with Crippen LogP contribution in [-0.2, 0) is 23.8 Å². The number of hydrogen-bond donors (Lipinski definition) is 0. The number of esters is 2. The van der Waals surface area contributed by atoms with Crippen LogP contribution in [0.1, 0.15) is 226 Å². The van der Waals surface area contributed by atoms with Crippen molar-refractivity contribution in [2.24, 2.45) is 0 Å². The highest BCUT2D eigenvalue weighted by Gasteiger charge is 2.17. The summed E-state index contributed by atoms with van der Waals surface area (Å²) in [6, 6.07) is 0. The largest absolute Gasteiger partial charge is 0.462 e. The second-order valence-electron chi connectivity index (χ2n) is 15.3. The number of rotatable bonds is 42. The molecule has 0 spiro atoms. The van der Waals surface area contributed by atoms with Gasteiger partial charge in [0.15, 0.2) is 6.10 Å². The first-order valence-electron chi connectivity index (χ1n) is 23.2. The molecule has 0 aliphatic rings. The molecule has 0 saturated carbocycles.